The van der Waals surface area contributed by atoms with Gasteiger partial charge in [0.1, 0.15) is 11.5 Å². The second-order valence-electron chi connectivity index (χ2n) is 4.37. The SMILES string of the molecule is Cc1ccc([C@H](C)N[C@@H](C)C(C)C)o1. The summed E-state index contributed by atoms with van der Waals surface area (Å²) in [6.07, 6.45) is 0. The molecule has 1 rings (SSSR count). The maximum absolute atomic E-state index is 5.56. The lowest BCUT2D eigenvalue weighted by Crippen LogP contribution is -2.32. The maximum atomic E-state index is 5.56. The Labute approximate surface area is 86.7 Å². The monoisotopic (exact) mass is 195 g/mol. The number of hydrogen-bond donors (Lipinski definition) is 1. The van der Waals surface area contributed by atoms with E-state index in [1.54, 1.807) is 0 Å². The van der Waals surface area contributed by atoms with Gasteiger partial charge in [-0.05, 0) is 38.8 Å². The van der Waals surface area contributed by atoms with E-state index in [1.165, 1.54) is 0 Å². The Morgan fingerprint density at radius 2 is 1.79 bits per heavy atom. The van der Waals surface area contributed by atoms with Crippen molar-refractivity contribution in [1.82, 2.24) is 5.32 Å². The standard InChI is InChI=1S/C12H21NO/c1-8(2)10(4)13-11(5)12-7-6-9(3)14-12/h6-8,10-11,13H,1-5H3/t10-,11-/m0/s1. The molecule has 0 aliphatic carbocycles. The Morgan fingerprint density at radius 3 is 2.21 bits per heavy atom. The van der Waals surface area contributed by atoms with Crippen LogP contribution >= 0.6 is 0 Å². The van der Waals surface area contributed by atoms with Crippen molar-refractivity contribution in [3.05, 3.63) is 23.7 Å². The molecule has 0 aliphatic heterocycles. The Hall–Kier alpha value is -0.760. The summed E-state index contributed by atoms with van der Waals surface area (Å²) >= 11 is 0. The molecule has 1 N–H and O–H groups in total. The lowest BCUT2D eigenvalue weighted by molar-refractivity contribution is 0.347. The molecule has 2 nitrogen and oxygen atoms in total. The van der Waals surface area contributed by atoms with Gasteiger partial charge in [0.2, 0.25) is 0 Å². The van der Waals surface area contributed by atoms with Gasteiger partial charge in [0, 0.05) is 6.04 Å². The molecule has 0 aromatic carbocycles. The van der Waals surface area contributed by atoms with Crippen molar-refractivity contribution in [3.63, 3.8) is 0 Å². The van der Waals surface area contributed by atoms with E-state index in [1.807, 2.05) is 19.1 Å². The topological polar surface area (TPSA) is 25.2 Å². The van der Waals surface area contributed by atoms with Crippen LogP contribution < -0.4 is 5.32 Å². The maximum Gasteiger partial charge on any atom is 0.120 e. The van der Waals surface area contributed by atoms with E-state index >= 15 is 0 Å². The van der Waals surface area contributed by atoms with Crippen LogP contribution in [0.3, 0.4) is 0 Å². The molecule has 1 aromatic rings. The summed E-state index contributed by atoms with van der Waals surface area (Å²) in [5.74, 6) is 2.65. The van der Waals surface area contributed by atoms with E-state index in [-0.39, 0.29) is 0 Å². The highest BCUT2D eigenvalue weighted by molar-refractivity contribution is 5.09. The van der Waals surface area contributed by atoms with Gasteiger partial charge < -0.3 is 9.73 Å². The fourth-order valence-corrected chi connectivity index (χ4v) is 1.36. The Kier molecular flexibility index (Phi) is 3.76. The first kappa shape index (κ1) is 11.3. The highest BCUT2D eigenvalue weighted by atomic mass is 16.3. The fourth-order valence-electron chi connectivity index (χ4n) is 1.36. The minimum atomic E-state index is 0.293. The molecule has 0 aliphatic rings. The van der Waals surface area contributed by atoms with Crippen molar-refractivity contribution in [2.75, 3.05) is 0 Å². The van der Waals surface area contributed by atoms with Crippen molar-refractivity contribution in [2.24, 2.45) is 5.92 Å². The zero-order chi connectivity index (χ0) is 10.7. The van der Waals surface area contributed by atoms with E-state index in [2.05, 4.69) is 33.0 Å². The molecule has 0 saturated carbocycles. The molecule has 0 spiro atoms. The van der Waals surface area contributed by atoms with Crippen molar-refractivity contribution in [3.8, 4) is 0 Å². The first-order valence-corrected chi connectivity index (χ1v) is 5.33. The third-order valence-electron chi connectivity index (χ3n) is 2.70. The van der Waals surface area contributed by atoms with Crippen LogP contribution in [0.15, 0.2) is 16.5 Å². The Morgan fingerprint density at radius 1 is 1.14 bits per heavy atom. The van der Waals surface area contributed by atoms with Crippen LogP contribution in [0.25, 0.3) is 0 Å². The van der Waals surface area contributed by atoms with Crippen molar-refractivity contribution in [1.29, 1.82) is 0 Å². The van der Waals surface area contributed by atoms with Crippen LogP contribution in [-0.4, -0.2) is 6.04 Å². The fraction of sp³-hybridized carbons (Fsp3) is 0.667. The zero-order valence-corrected chi connectivity index (χ0v) is 9.79. The number of furan rings is 1. The van der Waals surface area contributed by atoms with Crippen LogP contribution in [0.2, 0.25) is 0 Å². The molecule has 80 valence electrons. The third-order valence-corrected chi connectivity index (χ3v) is 2.70. The van der Waals surface area contributed by atoms with Gasteiger partial charge in [-0.1, -0.05) is 13.8 Å². The molecule has 2 atom stereocenters. The first-order chi connectivity index (χ1) is 6.50. The van der Waals surface area contributed by atoms with Crippen molar-refractivity contribution >= 4 is 0 Å². The first-order valence-electron chi connectivity index (χ1n) is 5.33. The molecule has 2 heteroatoms. The number of hydrogen-bond acceptors (Lipinski definition) is 2. The Balaban J connectivity index is 2.54. The smallest absolute Gasteiger partial charge is 0.120 e. The predicted molar refractivity (Wildman–Crippen MR) is 59.3 cm³/mol. The van der Waals surface area contributed by atoms with Gasteiger partial charge in [0.05, 0.1) is 6.04 Å². The molecule has 0 bridgehead atoms. The Bertz CT molecular complexity index is 278. The molecule has 0 amide bonds. The lowest BCUT2D eigenvalue weighted by atomic mass is 10.1. The van der Waals surface area contributed by atoms with Gasteiger partial charge >= 0.3 is 0 Å². The quantitative estimate of drug-likeness (QED) is 0.797. The third kappa shape index (κ3) is 2.88. The second kappa shape index (κ2) is 4.65. The van der Waals surface area contributed by atoms with Crippen LogP contribution in [-0.2, 0) is 0 Å². The average Bonchev–Trinajstić information content (AvgIpc) is 2.51. The van der Waals surface area contributed by atoms with Crippen LogP contribution in [0.5, 0.6) is 0 Å². The normalized spacial score (nSPS) is 15.9. The zero-order valence-electron chi connectivity index (χ0n) is 9.79. The molecule has 0 saturated heterocycles. The predicted octanol–water partition coefficient (Wildman–Crippen LogP) is 3.28. The van der Waals surface area contributed by atoms with Crippen LogP contribution in [0, 0.1) is 12.8 Å². The molecular formula is C12H21NO. The van der Waals surface area contributed by atoms with E-state index in [4.69, 9.17) is 4.42 Å². The largest absolute Gasteiger partial charge is 0.465 e. The summed E-state index contributed by atoms with van der Waals surface area (Å²) < 4.78 is 5.56. The van der Waals surface area contributed by atoms with Gasteiger partial charge in [-0.25, -0.2) is 0 Å². The summed E-state index contributed by atoms with van der Waals surface area (Å²) in [6, 6.07) is 4.85. The molecule has 0 fully saturated rings. The van der Waals surface area contributed by atoms with Crippen molar-refractivity contribution in [2.45, 2.75) is 46.7 Å². The summed E-state index contributed by atoms with van der Waals surface area (Å²) in [6.45, 7) is 10.8. The van der Waals surface area contributed by atoms with Crippen LogP contribution in [0.4, 0.5) is 0 Å². The van der Waals surface area contributed by atoms with E-state index in [0.29, 0.717) is 18.0 Å². The second-order valence-corrected chi connectivity index (χ2v) is 4.37. The molecule has 14 heavy (non-hydrogen) atoms. The number of nitrogens with one attached hydrogen (secondary N) is 1. The number of rotatable bonds is 4. The van der Waals surface area contributed by atoms with Gasteiger partial charge in [-0.3, -0.25) is 0 Å². The molecular weight excluding hydrogens is 174 g/mol. The van der Waals surface area contributed by atoms with E-state index in [9.17, 15) is 0 Å². The minimum absolute atomic E-state index is 0.293. The number of aryl methyl sites for hydroxylation is 1. The highest BCUT2D eigenvalue weighted by Crippen LogP contribution is 2.17. The van der Waals surface area contributed by atoms with Gasteiger partial charge in [-0.15, -0.1) is 0 Å². The van der Waals surface area contributed by atoms with E-state index in [0.717, 1.165) is 11.5 Å². The summed E-state index contributed by atoms with van der Waals surface area (Å²) in [7, 11) is 0. The van der Waals surface area contributed by atoms with Crippen LogP contribution in [0.1, 0.15) is 45.3 Å². The lowest BCUT2D eigenvalue weighted by Gasteiger charge is -2.21. The summed E-state index contributed by atoms with van der Waals surface area (Å²) in [4.78, 5) is 0. The average molecular weight is 195 g/mol. The summed E-state index contributed by atoms with van der Waals surface area (Å²) in [5, 5.41) is 3.52. The summed E-state index contributed by atoms with van der Waals surface area (Å²) in [5.41, 5.74) is 0. The molecule has 1 heterocycles. The highest BCUT2D eigenvalue weighted by Gasteiger charge is 2.14. The van der Waals surface area contributed by atoms with Crippen molar-refractivity contribution < 1.29 is 4.42 Å². The molecule has 1 aromatic heterocycles. The van der Waals surface area contributed by atoms with Gasteiger partial charge in [-0.2, -0.15) is 0 Å². The van der Waals surface area contributed by atoms with Gasteiger partial charge in [0.15, 0.2) is 0 Å². The minimum Gasteiger partial charge on any atom is -0.465 e. The van der Waals surface area contributed by atoms with E-state index < -0.39 is 0 Å². The molecule has 0 unspecified atom stereocenters. The van der Waals surface area contributed by atoms with Gasteiger partial charge in [0.25, 0.3) is 0 Å². The molecule has 0 radical (unpaired) electrons.